The summed E-state index contributed by atoms with van der Waals surface area (Å²) in [5.74, 6) is 0.790. The molecule has 1 nitrogen and oxygen atoms in total. The summed E-state index contributed by atoms with van der Waals surface area (Å²) in [7, 11) is 2.04. The van der Waals surface area contributed by atoms with Gasteiger partial charge in [-0.25, -0.2) is 0 Å². The van der Waals surface area contributed by atoms with E-state index in [2.05, 4.69) is 69.2 Å². The van der Waals surface area contributed by atoms with Gasteiger partial charge in [0.25, 0.3) is 0 Å². The molecule has 1 N–H and O–H groups in total. The van der Waals surface area contributed by atoms with Crippen LogP contribution in [0.2, 0.25) is 0 Å². The Hall–Kier alpha value is 0.140. The molecule has 0 aromatic heterocycles. The van der Waals surface area contributed by atoms with Gasteiger partial charge in [-0.05, 0) is 43.1 Å². The first kappa shape index (κ1) is 15.2. The lowest BCUT2D eigenvalue weighted by Crippen LogP contribution is -2.17. The topological polar surface area (TPSA) is 12.0 Å². The van der Waals surface area contributed by atoms with Crippen LogP contribution in [0, 0.1) is 5.92 Å². The van der Waals surface area contributed by atoms with Crippen molar-refractivity contribution in [3.8, 4) is 0 Å². The molecule has 0 saturated heterocycles. The average Bonchev–Trinajstić information content (AvgIpc) is 2.28. The molecule has 0 saturated carbocycles. The van der Waals surface area contributed by atoms with Crippen molar-refractivity contribution in [3.05, 3.63) is 32.7 Å². The fourth-order valence-electron chi connectivity index (χ4n) is 1.97. The minimum atomic E-state index is 0.431. The SMILES string of the molecule is CNC(CCCC(C)C)c1cc(Br)ccc1Br. The van der Waals surface area contributed by atoms with Crippen LogP contribution in [-0.4, -0.2) is 7.05 Å². The number of nitrogens with one attached hydrogen (secondary N) is 1. The molecule has 0 heterocycles. The van der Waals surface area contributed by atoms with E-state index in [1.165, 1.54) is 29.3 Å². The molecule has 0 spiro atoms. The van der Waals surface area contributed by atoms with E-state index in [0.717, 1.165) is 10.4 Å². The molecular weight excluding hydrogens is 342 g/mol. The predicted octanol–water partition coefficient (Wildman–Crippen LogP) is 5.30. The lowest BCUT2D eigenvalue weighted by molar-refractivity contribution is 0.469. The van der Waals surface area contributed by atoms with Gasteiger partial charge in [-0.15, -0.1) is 0 Å². The lowest BCUT2D eigenvalue weighted by atomic mass is 9.98. The van der Waals surface area contributed by atoms with Crippen LogP contribution in [-0.2, 0) is 0 Å². The van der Waals surface area contributed by atoms with Gasteiger partial charge >= 0.3 is 0 Å². The molecule has 0 fully saturated rings. The van der Waals surface area contributed by atoms with E-state index >= 15 is 0 Å². The highest BCUT2D eigenvalue weighted by molar-refractivity contribution is 9.11. The van der Waals surface area contributed by atoms with Crippen molar-refractivity contribution in [2.24, 2.45) is 5.92 Å². The Bertz CT molecular complexity index is 350. The van der Waals surface area contributed by atoms with Crippen molar-refractivity contribution >= 4 is 31.9 Å². The second kappa shape index (κ2) is 7.55. The Morgan fingerprint density at radius 3 is 2.47 bits per heavy atom. The van der Waals surface area contributed by atoms with E-state index in [9.17, 15) is 0 Å². The summed E-state index contributed by atoms with van der Waals surface area (Å²) in [4.78, 5) is 0. The first-order chi connectivity index (χ1) is 8.04. The lowest BCUT2D eigenvalue weighted by Gasteiger charge is -2.19. The molecule has 1 rings (SSSR count). The number of halogens is 2. The summed E-state index contributed by atoms with van der Waals surface area (Å²) in [6.45, 7) is 4.56. The van der Waals surface area contributed by atoms with Crippen LogP contribution in [0.4, 0.5) is 0 Å². The number of benzene rings is 1. The molecule has 0 radical (unpaired) electrons. The fourth-order valence-corrected chi connectivity index (χ4v) is 2.87. The van der Waals surface area contributed by atoms with E-state index in [4.69, 9.17) is 0 Å². The Labute approximate surface area is 122 Å². The molecule has 1 aromatic rings. The first-order valence-corrected chi connectivity index (χ1v) is 7.75. The van der Waals surface area contributed by atoms with Crippen LogP contribution in [0.1, 0.15) is 44.7 Å². The maximum Gasteiger partial charge on any atom is 0.0329 e. The van der Waals surface area contributed by atoms with Crippen molar-refractivity contribution in [2.45, 2.75) is 39.2 Å². The summed E-state index contributed by atoms with van der Waals surface area (Å²) in [6.07, 6.45) is 3.75. The number of rotatable bonds is 6. The van der Waals surface area contributed by atoms with Gasteiger partial charge < -0.3 is 5.32 Å². The Morgan fingerprint density at radius 2 is 1.88 bits per heavy atom. The van der Waals surface area contributed by atoms with E-state index < -0.39 is 0 Å². The highest BCUT2D eigenvalue weighted by Crippen LogP contribution is 2.29. The van der Waals surface area contributed by atoms with Gasteiger partial charge in [0.15, 0.2) is 0 Å². The second-order valence-electron chi connectivity index (χ2n) is 4.83. The molecule has 0 amide bonds. The molecular formula is C14H21Br2N. The van der Waals surface area contributed by atoms with Gasteiger partial charge in [0, 0.05) is 15.0 Å². The third-order valence-corrected chi connectivity index (χ3v) is 4.17. The van der Waals surface area contributed by atoms with Crippen molar-refractivity contribution in [1.82, 2.24) is 5.32 Å². The summed E-state index contributed by atoms with van der Waals surface area (Å²) >= 11 is 7.17. The zero-order valence-electron chi connectivity index (χ0n) is 10.8. The van der Waals surface area contributed by atoms with Gasteiger partial charge in [-0.1, -0.05) is 58.5 Å². The Kier molecular flexibility index (Phi) is 6.75. The highest BCUT2D eigenvalue weighted by Gasteiger charge is 2.12. The first-order valence-electron chi connectivity index (χ1n) is 6.16. The molecule has 1 unspecified atom stereocenters. The fraction of sp³-hybridized carbons (Fsp3) is 0.571. The van der Waals surface area contributed by atoms with E-state index in [1.807, 2.05) is 7.05 Å². The second-order valence-corrected chi connectivity index (χ2v) is 6.60. The standard InChI is InChI=1S/C14H21Br2N/c1-10(2)5-4-6-14(17-3)12-9-11(15)7-8-13(12)16/h7-10,14,17H,4-6H2,1-3H3. The van der Waals surface area contributed by atoms with E-state index in [-0.39, 0.29) is 0 Å². The molecule has 0 bridgehead atoms. The molecule has 1 atom stereocenters. The largest absolute Gasteiger partial charge is 0.313 e. The molecule has 3 heteroatoms. The maximum absolute atomic E-state index is 3.63. The number of hydrogen-bond donors (Lipinski definition) is 1. The molecule has 1 aromatic carbocycles. The van der Waals surface area contributed by atoms with E-state index in [0.29, 0.717) is 6.04 Å². The van der Waals surface area contributed by atoms with Crippen LogP contribution in [0.15, 0.2) is 27.1 Å². The van der Waals surface area contributed by atoms with Crippen molar-refractivity contribution in [1.29, 1.82) is 0 Å². The minimum absolute atomic E-state index is 0.431. The van der Waals surface area contributed by atoms with Gasteiger partial charge in [0.1, 0.15) is 0 Å². The van der Waals surface area contributed by atoms with Crippen molar-refractivity contribution < 1.29 is 0 Å². The Morgan fingerprint density at radius 1 is 1.18 bits per heavy atom. The molecule has 0 aliphatic carbocycles. The van der Waals surface area contributed by atoms with Gasteiger partial charge in [0.05, 0.1) is 0 Å². The average molecular weight is 363 g/mol. The summed E-state index contributed by atoms with van der Waals surface area (Å²) in [5, 5.41) is 3.41. The minimum Gasteiger partial charge on any atom is -0.313 e. The smallest absolute Gasteiger partial charge is 0.0329 e. The van der Waals surface area contributed by atoms with Crippen molar-refractivity contribution in [3.63, 3.8) is 0 Å². The number of hydrogen-bond acceptors (Lipinski definition) is 1. The molecule has 0 aliphatic rings. The normalized spacial score (nSPS) is 13.1. The summed E-state index contributed by atoms with van der Waals surface area (Å²) < 4.78 is 2.32. The Balaban J connectivity index is 2.68. The van der Waals surface area contributed by atoms with Gasteiger partial charge in [-0.2, -0.15) is 0 Å². The molecule has 17 heavy (non-hydrogen) atoms. The summed E-state index contributed by atoms with van der Waals surface area (Å²) in [5.41, 5.74) is 1.34. The van der Waals surface area contributed by atoms with Crippen LogP contribution >= 0.6 is 31.9 Å². The zero-order valence-corrected chi connectivity index (χ0v) is 13.9. The van der Waals surface area contributed by atoms with Gasteiger partial charge in [-0.3, -0.25) is 0 Å². The highest BCUT2D eigenvalue weighted by atomic mass is 79.9. The van der Waals surface area contributed by atoms with Crippen molar-refractivity contribution in [2.75, 3.05) is 7.05 Å². The summed E-state index contributed by atoms with van der Waals surface area (Å²) in [6, 6.07) is 6.79. The van der Waals surface area contributed by atoms with Crippen LogP contribution < -0.4 is 5.32 Å². The van der Waals surface area contributed by atoms with Crippen LogP contribution in [0.5, 0.6) is 0 Å². The zero-order chi connectivity index (χ0) is 12.8. The maximum atomic E-state index is 3.63. The third kappa shape index (κ3) is 5.11. The van der Waals surface area contributed by atoms with Crippen LogP contribution in [0.3, 0.4) is 0 Å². The van der Waals surface area contributed by atoms with Gasteiger partial charge in [0.2, 0.25) is 0 Å². The molecule has 96 valence electrons. The third-order valence-electron chi connectivity index (χ3n) is 2.96. The monoisotopic (exact) mass is 361 g/mol. The van der Waals surface area contributed by atoms with Crippen LogP contribution in [0.25, 0.3) is 0 Å². The predicted molar refractivity (Wildman–Crippen MR) is 82.3 cm³/mol. The molecule has 0 aliphatic heterocycles. The van der Waals surface area contributed by atoms with E-state index in [1.54, 1.807) is 0 Å². The quantitative estimate of drug-likeness (QED) is 0.724.